The van der Waals surface area contributed by atoms with Crippen molar-refractivity contribution in [2.45, 2.75) is 17.3 Å². The molecule has 0 unspecified atom stereocenters. The molecular formula is C13H15ClN6O2S. The van der Waals surface area contributed by atoms with E-state index in [-0.39, 0.29) is 23.0 Å². The molecule has 1 heterocycles. The summed E-state index contributed by atoms with van der Waals surface area (Å²) in [5.74, 6) is 0.307. The third kappa shape index (κ3) is 4.60. The van der Waals surface area contributed by atoms with Gasteiger partial charge in [0.15, 0.2) is 5.16 Å². The highest BCUT2D eigenvalue weighted by molar-refractivity contribution is 8.00. The van der Waals surface area contributed by atoms with Crippen LogP contribution in [0, 0.1) is 0 Å². The van der Waals surface area contributed by atoms with E-state index in [2.05, 4.69) is 20.3 Å². The van der Waals surface area contributed by atoms with Gasteiger partial charge in [-0.15, -0.1) is 0 Å². The summed E-state index contributed by atoms with van der Waals surface area (Å²) in [7, 11) is 1.52. The molecular weight excluding hydrogens is 340 g/mol. The smallest absolute Gasteiger partial charge is 0.237 e. The summed E-state index contributed by atoms with van der Waals surface area (Å²) in [5, 5.41) is 2.96. The quantitative estimate of drug-likeness (QED) is 0.693. The monoisotopic (exact) mass is 354 g/mol. The number of amides is 1. The number of thioether (sulfide) groups is 1. The second-order valence-electron chi connectivity index (χ2n) is 4.43. The Balaban J connectivity index is 2.03. The maximum atomic E-state index is 12.2. The van der Waals surface area contributed by atoms with Gasteiger partial charge in [-0.1, -0.05) is 23.4 Å². The highest BCUT2D eigenvalue weighted by Crippen LogP contribution is 2.28. The van der Waals surface area contributed by atoms with Crippen molar-refractivity contribution in [3.63, 3.8) is 0 Å². The summed E-state index contributed by atoms with van der Waals surface area (Å²) >= 11 is 7.14. The molecule has 23 heavy (non-hydrogen) atoms. The number of ether oxygens (including phenoxy) is 1. The summed E-state index contributed by atoms with van der Waals surface area (Å²) in [4.78, 5) is 23.7. The highest BCUT2D eigenvalue weighted by Gasteiger charge is 2.17. The van der Waals surface area contributed by atoms with Gasteiger partial charge in [0.1, 0.15) is 5.75 Å². The first-order valence-corrected chi connectivity index (χ1v) is 7.73. The fourth-order valence-corrected chi connectivity index (χ4v) is 2.67. The van der Waals surface area contributed by atoms with Crippen LogP contribution in [-0.2, 0) is 4.79 Å². The Hall–Kier alpha value is -2.26. The second kappa shape index (κ2) is 7.34. The van der Waals surface area contributed by atoms with Crippen molar-refractivity contribution in [2.75, 3.05) is 23.9 Å². The highest BCUT2D eigenvalue weighted by atomic mass is 35.5. The number of carbonyl (C=O) groups is 1. The maximum Gasteiger partial charge on any atom is 0.237 e. The molecule has 0 radical (unpaired) electrons. The molecule has 0 aliphatic carbocycles. The SMILES string of the molecule is COc1ccc(NC(=O)[C@H](C)Sc2nc(N)nc(N)n2)cc1Cl. The normalized spacial score (nSPS) is 11.8. The third-order valence-electron chi connectivity index (χ3n) is 2.72. The van der Waals surface area contributed by atoms with E-state index < -0.39 is 5.25 Å². The number of nitrogens with one attached hydrogen (secondary N) is 1. The van der Waals surface area contributed by atoms with Gasteiger partial charge in [-0.25, -0.2) is 0 Å². The number of benzene rings is 1. The number of hydrogen-bond acceptors (Lipinski definition) is 8. The summed E-state index contributed by atoms with van der Waals surface area (Å²) in [6, 6.07) is 4.97. The molecule has 0 fully saturated rings. The van der Waals surface area contributed by atoms with Crippen LogP contribution in [0.25, 0.3) is 0 Å². The maximum absolute atomic E-state index is 12.2. The molecule has 0 spiro atoms. The number of carbonyl (C=O) groups excluding carboxylic acids is 1. The van der Waals surface area contributed by atoms with Crippen LogP contribution in [0.1, 0.15) is 6.92 Å². The Morgan fingerprint density at radius 3 is 2.52 bits per heavy atom. The molecule has 1 atom stereocenters. The van der Waals surface area contributed by atoms with E-state index in [1.165, 1.54) is 7.11 Å². The topological polar surface area (TPSA) is 129 Å². The Morgan fingerprint density at radius 1 is 1.30 bits per heavy atom. The van der Waals surface area contributed by atoms with Crippen LogP contribution < -0.4 is 21.5 Å². The van der Waals surface area contributed by atoms with Gasteiger partial charge in [-0.3, -0.25) is 4.79 Å². The average Bonchev–Trinajstić information content (AvgIpc) is 2.46. The van der Waals surface area contributed by atoms with E-state index in [4.69, 9.17) is 27.8 Å². The van der Waals surface area contributed by atoms with Gasteiger partial charge in [0, 0.05) is 5.69 Å². The van der Waals surface area contributed by atoms with E-state index in [0.29, 0.717) is 16.5 Å². The van der Waals surface area contributed by atoms with Crippen molar-refractivity contribution in [1.29, 1.82) is 0 Å². The fourth-order valence-electron chi connectivity index (χ4n) is 1.64. The van der Waals surface area contributed by atoms with Crippen LogP contribution in [0.4, 0.5) is 17.6 Å². The molecule has 8 nitrogen and oxygen atoms in total. The fraction of sp³-hybridized carbons (Fsp3) is 0.231. The third-order valence-corrected chi connectivity index (χ3v) is 3.98. The number of hydrogen-bond donors (Lipinski definition) is 3. The van der Waals surface area contributed by atoms with Crippen molar-refractivity contribution >= 4 is 46.9 Å². The van der Waals surface area contributed by atoms with Crippen molar-refractivity contribution in [1.82, 2.24) is 15.0 Å². The number of anilines is 3. The molecule has 5 N–H and O–H groups in total. The number of halogens is 1. The minimum absolute atomic E-state index is 0.00884. The van der Waals surface area contributed by atoms with E-state index >= 15 is 0 Å². The molecule has 1 aromatic carbocycles. The van der Waals surface area contributed by atoms with E-state index in [1.807, 2.05) is 0 Å². The number of nitrogens with two attached hydrogens (primary N) is 2. The predicted octanol–water partition coefficient (Wildman–Crippen LogP) is 1.82. The van der Waals surface area contributed by atoms with Crippen LogP contribution in [0.3, 0.4) is 0 Å². The number of rotatable bonds is 5. The largest absolute Gasteiger partial charge is 0.495 e. The Morgan fingerprint density at radius 2 is 1.96 bits per heavy atom. The number of aromatic nitrogens is 3. The van der Waals surface area contributed by atoms with Gasteiger partial charge >= 0.3 is 0 Å². The minimum atomic E-state index is -0.475. The zero-order chi connectivity index (χ0) is 17.0. The lowest BCUT2D eigenvalue weighted by Crippen LogP contribution is -2.22. The Labute approximate surface area is 142 Å². The van der Waals surface area contributed by atoms with Crippen molar-refractivity contribution in [2.24, 2.45) is 0 Å². The first-order chi connectivity index (χ1) is 10.9. The molecule has 10 heteroatoms. The Bertz CT molecular complexity index is 709. The summed E-state index contributed by atoms with van der Waals surface area (Å²) in [6.45, 7) is 1.71. The molecule has 2 rings (SSSR count). The molecule has 122 valence electrons. The van der Waals surface area contributed by atoms with E-state index in [9.17, 15) is 4.79 Å². The molecule has 0 saturated heterocycles. The van der Waals surface area contributed by atoms with E-state index in [0.717, 1.165) is 11.8 Å². The van der Waals surface area contributed by atoms with Crippen molar-refractivity contribution < 1.29 is 9.53 Å². The lowest BCUT2D eigenvalue weighted by atomic mass is 10.3. The van der Waals surface area contributed by atoms with Crippen LogP contribution in [0.15, 0.2) is 23.4 Å². The summed E-state index contributed by atoms with van der Waals surface area (Å²) in [6.07, 6.45) is 0. The van der Waals surface area contributed by atoms with Gasteiger partial charge in [0.25, 0.3) is 0 Å². The lowest BCUT2D eigenvalue weighted by Gasteiger charge is -2.12. The summed E-state index contributed by atoms with van der Waals surface area (Å²) in [5.41, 5.74) is 11.6. The molecule has 0 saturated carbocycles. The average molecular weight is 355 g/mol. The standard InChI is InChI=1S/C13H15ClN6O2S/c1-6(23-13-19-11(15)18-12(16)20-13)10(21)17-7-3-4-9(22-2)8(14)5-7/h3-6H,1-2H3,(H,17,21)(H4,15,16,18,19,20)/t6-/m0/s1. The van der Waals surface area contributed by atoms with Crippen LogP contribution in [0.2, 0.25) is 5.02 Å². The molecule has 1 aromatic heterocycles. The first-order valence-electron chi connectivity index (χ1n) is 6.47. The van der Waals surface area contributed by atoms with Crippen molar-refractivity contribution in [3.8, 4) is 5.75 Å². The molecule has 2 aromatic rings. The van der Waals surface area contributed by atoms with Gasteiger partial charge in [0.2, 0.25) is 17.8 Å². The first kappa shape index (κ1) is 17.1. The lowest BCUT2D eigenvalue weighted by molar-refractivity contribution is -0.115. The number of methoxy groups -OCH3 is 1. The van der Waals surface area contributed by atoms with Crippen LogP contribution >= 0.6 is 23.4 Å². The Kier molecular flexibility index (Phi) is 5.45. The van der Waals surface area contributed by atoms with Gasteiger partial charge in [0.05, 0.1) is 17.4 Å². The number of nitrogen functional groups attached to an aromatic ring is 2. The predicted molar refractivity (Wildman–Crippen MR) is 90.6 cm³/mol. The van der Waals surface area contributed by atoms with Crippen LogP contribution in [0.5, 0.6) is 5.75 Å². The zero-order valence-electron chi connectivity index (χ0n) is 12.4. The number of nitrogens with zero attached hydrogens (tertiary/aromatic N) is 3. The zero-order valence-corrected chi connectivity index (χ0v) is 14.0. The molecule has 0 aliphatic rings. The molecule has 0 aliphatic heterocycles. The summed E-state index contributed by atoms with van der Waals surface area (Å²) < 4.78 is 5.06. The van der Waals surface area contributed by atoms with E-state index in [1.54, 1.807) is 25.1 Å². The van der Waals surface area contributed by atoms with Gasteiger partial charge in [-0.2, -0.15) is 15.0 Å². The van der Waals surface area contributed by atoms with Gasteiger partial charge in [-0.05, 0) is 25.1 Å². The molecule has 1 amide bonds. The van der Waals surface area contributed by atoms with Gasteiger partial charge < -0.3 is 21.5 Å². The van der Waals surface area contributed by atoms with Crippen molar-refractivity contribution in [3.05, 3.63) is 23.2 Å². The second-order valence-corrected chi connectivity index (χ2v) is 6.15. The van der Waals surface area contributed by atoms with Crippen LogP contribution in [-0.4, -0.2) is 33.2 Å². The minimum Gasteiger partial charge on any atom is -0.495 e. The molecule has 0 bridgehead atoms.